The molecule has 0 aromatic carbocycles. The van der Waals surface area contributed by atoms with Crippen LogP contribution in [0.3, 0.4) is 0 Å². The molecule has 0 aromatic heterocycles. The van der Waals surface area contributed by atoms with E-state index in [4.69, 9.17) is 4.74 Å². The molecular formula is C12H22N2O3. The van der Waals surface area contributed by atoms with Crippen LogP contribution in [0.4, 0.5) is 0 Å². The molecule has 0 radical (unpaired) electrons. The lowest BCUT2D eigenvalue weighted by Gasteiger charge is -2.30. The fraction of sp³-hybridized carbons (Fsp3) is 0.833. The molecule has 1 heterocycles. The second-order valence-electron chi connectivity index (χ2n) is 4.57. The van der Waals surface area contributed by atoms with Crippen molar-refractivity contribution in [3.05, 3.63) is 0 Å². The van der Waals surface area contributed by atoms with Crippen molar-refractivity contribution in [2.45, 2.75) is 32.7 Å². The Labute approximate surface area is 102 Å². The van der Waals surface area contributed by atoms with Crippen molar-refractivity contribution in [2.24, 2.45) is 5.92 Å². The van der Waals surface area contributed by atoms with Gasteiger partial charge in [-0.2, -0.15) is 0 Å². The van der Waals surface area contributed by atoms with Crippen LogP contribution in [0.25, 0.3) is 0 Å². The van der Waals surface area contributed by atoms with Crippen molar-refractivity contribution >= 4 is 11.9 Å². The topological polar surface area (TPSA) is 58.6 Å². The quantitative estimate of drug-likeness (QED) is 0.709. The molecule has 0 aromatic rings. The molecule has 1 N–H and O–H groups in total. The Balaban J connectivity index is 2.26. The van der Waals surface area contributed by atoms with E-state index in [1.807, 2.05) is 14.0 Å². The summed E-state index contributed by atoms with van der Waals surface area (Å²) in [4.78, 5) is 24.4. The van der Waals surface area contributed by atoms with Crippen molar-refractivity contribution in [3.63, 3.8) is 0 Å². The van der Waals surface area contributed by atoms with Gasteiger partial charge in [0.1, 0.15) is 0 Å². The third kappa shape index (κ3) is 4.34. The number of likely N-dealkylation sites (N-methyl/N-ethyl adjacent to an activating group) is 1. The zero-order valence-corrected chi connectivity index (χ0v) is 10.9. The van der Waals surface area contributed by atoms with Gasteiger partial charge in [0.05, 0.1) is 12.5 Å². The lowest BCUT2D eigenvalue weighted by molar-refractivity contribution is -0.147. The lowest BCUT2D eigenvalue weighted by atomic mass is 10.0. The zero-order valence-electron chi connectivity index (χ0n) is 10.9. The maximum absolute atomic E-state index is 11.4. The van der Waals surface area contributed by atoms with Crippen LogP contribution in [0.1, 0.15) is 26.7 Å². The second kappa shape index (κ2) is 6.59. The zero-order chi connectivity index (χ0) is 12.8. The van der Waals surface area contributed by atoms with E-state index in [9.17, 15) is 9.59 Å². The summed E-state index contributed by atoms with van der Waals surface area (Å²) in [5.74, 6) is -0.111. The Kier molecular flexibility index (Phi) is 5.41. The fourth-order valence-corrected chi connectivity index (χ4v) is 1.89. The molecular weight excluding hydrogens is 220 g/mol. The molecule has 1 aliphatic rings. The number of ether oxygens (including phenoxy) is 1. The maximum atomic E-state index is 11.4. The molecule has 1 saturated heterocycles. The molecule has 5 heteroatoms. The molecule has 17 heavy (non-hydrogen) atoms. The van der Waals surface area contributed by atoms with Gasteiger partial charge in [0, 0.05) is 32.6 Å². The van der Waals surface area contributed by atoms with E-state index >= 15 is 0 Å². The Morgan fingerprint density at radius 3 is 2.94 bits per heavy atom. The molecule has 0 spiro atoms. The van der Waals surface area contributed by atoms with Crippen LogP contribution in [0, 0.1) is 5.92 Å². The average molecular weight is 242 g/mol. The van der Waals surface area contributed by atoms with Gasteiger partial charge < -0.3 is 15.0 Å². The van der Waals surface area contributed by atoms with Crippen LogP contribution in [0.5, 0.6) is 0 Å². The molecule has 0 saturated carbocycles. The van der Waals surface area contributed by atoms with Crippen molar-refractivity contribution in [1.82, 2.24) is 10.2 Å². The van der Waals surface area contributed by atoms with Crippen molar-refractivity contribution in [3.8, 4) is 0 Å². The Morgan fingerprint density at radius 1 is 1.65 bits per heavy atom. The average Bonchev–Trinajstić information content (AvgIpc) is 2.30. The van der Waals surface area contributed by atoms with Crippen LogP contribution in [0.15, 0.2) is 0 Å². The molecule has 1 fully saturated rings. The van der Waals surface area contributed by atoms with E-state index in [-0.39, 0.29) is 23.8 Å². The number of nitrogens with zero attached hydrogens (tertiary/aromatic N) is 1. The number of likely N-dealkylation sites (tertiary alicyclic amines) is 1. The lowest BCUT2D eigenvalue weighted by Crippen LogP contribution is -2.48. The van der Waals surface area contributed by atoms with Crippen LogP contribution in [-0.4, -0.2) is 49.6 Å². The molecule has 1 rings (SSSR count). The van der Waals surface area contributed by atoms with Crippen molar-refractivity contribution < 1.29 is 14.3 Å². The summed E-state index contributed by atoms with van der Waals surface area (Å²) >= 11 is 0. The Morgan fingerprint density at radius 2 is 2.35 bits per heavy atom. The minimum atomic E-state index is -0.166. The predicted molar refractivity (Wildman–Crippen MR) is 64.5 cm³/mol. The van der Waals surface area contributed by atoms with Crippen LogP contribution in [-0.2, 0) is 14.3 Å². The molecule has 1 aliphatic heterocycles. The second-order valence-corrected chi connectivity index (χ2v) is 4.57. The number of amides is 1. The van der Waals surface area contributed by atoms with E-state index in [1.54, 1.807) is 11.8 Å². The van der Waals surface area contributed by atoms with Gasteiger partial charge in [-0.1, -0.05) is 6.92 Å². The Bertz CT molecular complexity index is 281. The van der Waals surface area contributed by atoms with Crippen LogP contribution in [0.2, 0.25) is 0 Å². The molecule has 1 amide bonds. The summed E-state index contributed by atoms with van der Waals surface area (Å²) in [7, 11) is 1.81. The number of piperidine rings is 1. The predicted octanol–water partition coefficient (Wildman–Crippen LogP) is 0.396. The van der Waals surface area contributed by atoms with Gasteiger partial charge in [0.15, 0.2) is 0 Å². The summed E-state index contributed by atoms with van der Waals surface area (Å²) in [6.07, 6.45) is 1.43. The molecule has 2 atom stereocenters. The number of carbonyl (C=O) groups is 2. The van der Waals surface area contributed by atoms with E-state index in [0.29, 0.717) is 26.1 Å². The first kappa shape index (κ1) is 14.0. The van der Waals surface area contributed by atoms with Gasteiger partial charge in [-0.05, 0) is 13.3 Å². The minimum Gasteiger partial charge on any atom is -0.466 e. The highest BCUT2D eigenvalue weighted by Gasteiger charge is 2.23. The molecule has 5 nitrogen and oxygen atoms in total. The number of rotatable bonds is 5. The first-order chi connectivity index (χ1) is 8.04. The number of esters is 1. The highest BCUT2D eigenvalue weighted by molar-refractivity contribution is 5.76. The monoisotopic (exact) mass is 242 g/mol. The van der Waals surface area contributed by atoms with E-state index < -0.39 is 0 Å². The fourth-order valence-electron chi connectivity index (χ4n) is 1.89. The van der Waals surface area contributed by atoms with Gasteiger partial charge in [0.2, 0.25) is 5.91 Å². The van der Waals surface area contributed by atoms with Gasteiger partial charge >= 0.3 is 5.97 Å². The summed E-state index contributed by atoms with van der Waals surface area (Å²) in [5.41, 5.74) is 0. The highest BCUT2D eigenvalue weighted by Crippen LogP contribution is 2.10. The van der Waals surface area contributed by atoms with Gasteiger partial charge in [0.25, 0.3) is 0 Å². The summed E-state index contributed by atoms with van der Waals surface area (Å²) in [5, 5.41) is 3.32. The number of carbonyl (C=O) groups excluding carboxylic acids is 2. The van der Waals surface area contributed by atoms with Gasteiger partial charge in [-0.3, -0.25) is 9.59 Å². The van der Waals surface area contributed by atoms with E-state index in [1.165, 1.54) is 0 Å². The molecule has 0 aliphatic carbocycles. The van der Waals surface area contributed by atoms with Gasteiger partial charge in [-0.25, -0.2) is 0 Å². The number of hydrogen-bond acceptors (Lipinski definition) is 4. The van der Waals surface area contributed by atoms with Crippen molar-refractivity contribution in [2.75, 3.05) is 26.7 Å². The summed E-state index contributed by atoms with van der Waals surface area (Å²) in [6.45, 7) is 5.40. The SMILES string of the molecule is CCOC(=O)C(C)CNC1CCC(=O)N(C)C1. The highest BCUT2D eigenvalue weighted by atomic mass is 16.5. The maximum Gasteiger partial charge on any atom is 0.309 e. The number of nitrogens with one attached hydrogen (secondary N) is 1. The smallest absolute Gasteiger partial charge is 0.309 e. The summed E-state index contributed by atoms with van der Waals surface area (Å²) < 4.78 is 4.94. The van der Waals surface area contributed by atoms with E-state index in [0.717, 1.165) is 6.42 Å². The molecule has 2 unspecified atom stereocenters. The van der Waals surface area contributed by atoms with Crippen LogP contribution >= 0.6 is 0 Å². The summed E-state index contributed by atoms with van der Waals surface area (Å²) in [6, 6.07) is 0.287. The minimum absolute atomic E-state index is 0.141. The number of hydrogen-bond donors (Lipinski definition) is 1. The first-order valence-electron chi connectivity index (χ1n) is 6.18. The first-order valence-corrected chi connectivity index (χ1v) is 6.18. The third-order valence-corrected chi connectivity index (χ3v) is 3.03. The molecule has 0 bridgehead atoms. The normalized spacial score (nSPS) is 22.4. The molecule has 98 valence electrons. The third-order valence-electron chi connectivity index (χ3n) is 3.03. The largest absolute Gasteiger partial charge is 0.466 e. The Hall–Kier alpha value is -1.10. The van der Waals surface area contributed by atoms with Gasteiger partial charge in [-0.15, -0.1) is 0 Å². The van der Waals surface area contributed by atoms with Crippen molar-refractivity contribution in [1.29, 1.82) is 0 Å². The standard InChI is InChI=1S/C12H22N2O3/c1-4-17-12(16)9(2)7-13-10-5-6-11(15)14(3)8-10/h9-10,13H,4-8H2,1-3H3. The van der Waals surface area contributed by atoms with E-state index in [2.05, 4.69) is 5.32 Å². The van der Waals surface area contributed by atoms with Crippen LogP contribution < -0.4 is 5.32 Å².